The zero-order valence-electron chi connectivity index (χ0n) is 12.8. The van der Waals surface area contributed by atoms with Crippen molar-refractivity contribution in [2.45, 2.75) is 34.6 Å². The van der Waals surface area contributed by atoms with Crippen LogP contribution in [-0.4, -0.2) is 7.05 Å². The smallest absolute Gasteiger partial charge is 0.0440 e. The third-order valence-electron chi connectivity index (χ3n) is 3.89. The third kappa shape index (κ3) is 2.65. The van der Waals surface area contributed by atoms with E-state index in [-0.39, 0.29) is 0 Å². The van der Waals surface area contributed by atoms with E-state index in [4.69, 9.17) is 0 Å². The summed E-state index contributed by atoms with van der Waals surface area (Å²) in [6.45, 7) is 10.8. The third-order valence-corrected chi connectivity index (χ3v) is 3.89. The van der Waals surface area contributed by atoms with Gasteiger partial charge in [-0.25, -0.2) is 0 Å². The summed E-state index contributed by atoms with van der Waals surface area (Å²) in [6, 6.07) is 11.2. The summed E-state index contributed by atoms with van der Waals surface area (Å²) < 4.78 is 0. The first-order valence-electron chi connectivity index (χ1n) is 6.79. The molecule has 2 rings (SSSR count). The number of aryl methyl sites for hydroxylation is 5. The lowest BCUT2D eigenvalue weighted by atomic mass is 10.0. The fourth-order valence-electron chi connectivity index (χ4n) is 2.62. The van der Waals surface area contributed by atoms with E-state index in [1.54, 1.807) is 0 Å². The van der Waals surface area contributed by atoms with Gasteiger partial charge in [0, 0.05) is 18.4 Å². The van der Waals surface area contributed by atoms with Crippen molar-refractivity contribution in [2.75, 3.05) is 11.9 Å². The Bertz CT molecular complexity index is 611. The van der Waals surface area contributed by atoms with Crippen LogP contribution in [0.3, 0.4) is 0 Å². The number of rotatable bonds is 2. The standard InChI is InChI=1S/C18H23N/c1-12-7-8-17(15(4)9-12)19(6)18-11-14(3)13(2)10-16(18)5/h7-11H,1-6H3. The highest BCUT2D eigenvalue weighted by Crippen LogP contribution is 2.31. The normalized spacial score (nSPS) is 10.6. The highest BCUT2D eigenvalue weighted by Gasteiger charge is 2.10. The molecule has 0 fully saturated rings. The highest BCUT2D eigenvalue weighted by atomic mass is 15.1. The first-order chi connectivity index (χ1) is 8.90. The van der Waals surface area contributed by atoms with Crippen LogP contribution in [0, 0.1) is 34.6 Å². The molecular formula is C18H23N. The minimum absolute atomic E-state index is 1.27. The van der Waals surface area contributed by atoms with Gasteiger partial charge < -0.3 is 4.90 Å². The summed E-state index contributed by atoms with van der Waals surface area (Å²) >= 11 is 0. The lowest BCUT2D eigenvalue weighted by Gasteiger charge is -2.25. The molecule has 0 N–H and O–H groups in total. The van der Waals surface area contributed by atoms with Crippen molar-refractivity contribution >= 4 is 11.4 Å². The Balaban J connectivity index is 2.49. The second kappa shape index (κ2) is 5.08. The molecule has 1 nitrogen and oxygen atoms in total. The predicted molar refractivity (Wildman–Crippen MR) is 84.6 cm³/mol. The topological polar surface area (TPSA) is 3.24 Å². The molecule has 0 spiro atoms. The predicted octanol–water partition coefficient (Wildman–Crippen LogP) is 5.00. The van der Waals surface area contributed by atoms with Crippen LogP contribution in [0.25, 0.3) is 0 Å². The fraction of sp³-hybridized carbons (Fsp3) is 0.333. The zero-order chi connectivity index (χ0) is 14.2. The molecule has 0 aliphatic heterocycles. The SMILES string of the molecule is Cc1ccc(N(C)c2cc(C)c(C)cc2C)c(C)c1. The summed E-state index contributed by atoms with van der Waals surface area (Å²) in [5, 5.41) is 0. The second-order valence-electron chi connectivity index (χ2n) is 5.57. The Hall–Kier alpha value is -1.76. The first kappa shape index (κ1) is 13.7. The lowest BCUT2D eigenvalue weighted by Crippen LogP contribution is -2.12. The molecular weight excluding hydrogens is 230 g/mol. The summed E-state index contributed by atoms with van der Waals surface area (Å²) in [6.07, 6.45) is 0. The minimum atomic E-state index is 1.27. The molecule has 2 aromatic rings. The lowest BCUT2D eigenvalue weighted by molar-refractivity contribution is 1.14. The van der Waals surface area contributed by atoms with Crippen LogP contribution in [0.15, 0.2) is 30.3 Å². The Labute approximate surface area is 116 Å². The van der Waals surface area contributed by atoms with E-state index in [1.807, 2.05) is 0 Å². The maximum atomic E-state index is 2.29. The maximum absolute atomic E-state index is 2.29. The molecule has 19 heavy (non-hydrogen) atoms. The van der Waals surface area contributed by atoms with Crippen LogP contribution in [0.1, 0.15) is 27.8 Å². The van der Waals surface area contributed by atoms with Gasteiger partial charge in [0.1, 0.15) is 0 Å². The molecule has 2 aromatic carbocycles. The second-order valence-corrected chi connectivity index (χ2v) is 5.57. The molecule has 0 amide bonds. The van der Waals surface area contributed by atoms with Gasteiger partial charge in [-0.15, -0.1) is 0 Å². The van der Waals surface area contributed by atoms with Crippen molar-refractivity contribution in [2.24, 2.45) is 0 Å². The molecule has 0 aromatic heterocycles. The summed E-state index contributed by atoms with van der Waals surface area (Å²) in [5.74, 6) is 0. The van der Waals surface area contributed by atoms with E-state index in [1.165, 1.54) is 39.2 Å². The van der Waals surface area contributed by atoms with Gasteiger partial charge in [0.05, 0.1) is 0 Å². The van der Waals surface area contributed by atoms with Crippen LogP contribution in [0.5, 0.6) is 0 Å². The average Bonchev–Trinajstić information content (AvgIpc) is 2.33. The molecule has 0 aliphatic rings. The number of hydrogen-bond donors (Lipinski definition) is 0. The van der Waals surface area contributed by atoms with Gasteiger partial charge in [-0.1, -0.05) is 23.8 Å². The van der Waals surface area contributed by atoms with Gasteiger partial charge in [-0.05, 0) is 69.0 Å². The van der Waals surface area contributed by atoms with Gasteiger partial charge in [-0.2, -0.15) is 0 Å². The van der Waals surface area contributed by atoms with Crippen LogP contribution in [0.2, 0.25) is 0 Å². The molecule has 0 radical (unpaired) electrons. The van der Waals surface area contributed by atoms with Gasteiger partial charge in [0.2, 0.25) is 0 Å². The summed E-state index contributed by atoms with van der Waals surface area (Å²) in [4.78, 5) is 2.29. The Morgan fingerprint density at radius 1 is 0.632 bits per heavy atom. The van der Waals surface area contributed by atoms with Crippen molar-refractivity contribution in [1.82, 2.24) is 0 Å². The largest absolute Gasteiger partial charge is 0.344 e. The molecule has 0 unspecified atom stereocenters. The van der Waals surface area contributed by atoms with Gasteiger partial charge in [-0.3, -0.25) is 0 Å². The van der Waals surface area contributed by atoms with E-state index in [0.29, 0.717) is 0 Å². The average molecular weight is 253 g/mol. The molecule has 100 valence electrons. The van der Waals surface area contributed by atoms with Crippen LogP contribution in [0.4, 0.5) is 11.4 Å². The first-order valence-corrected chi connectivity index (χ1v) is 6.79. The molecule has 0 aliphatic carbocycles. The molecule has 1 heteroatoms. The van der Waals surface area contributed by atoms with Crippen molar-refractivity contribution in [3.63, 3.8) is 0 Å². The Kier molecular flexibility index (Phi) is 3.66. The molecule has 0 heterocycles. The molecule has 0 atom stereocenters. The molecule has 0 saturated carbocycles. The maximum Gasteiger partial charge on any atom is 0.0440 e. The van der Waals surface area contributed by atoms with Crippen molar-refractivity contribution in [3.05, 3.63) is 58.1 Å². The van der Waals surface area contributed by atoms with Gasteiger partial charge >= 0.3 is 0 Å². The van der Waals surface area contributed by atoms with E-state index in [9.17, 15) is 0 Å². The van der Waals surface area contributed by atoms with Crippen molar-refractivity contribution in [1.29, 1.82) is 0 Å². The van der Waals surface area contributed by atoms with E-state index in [2.05, 4.69) is 76.9 Å². The highest BCUT2D eigenvalue weighted by molar-refractivity contribution is 5.69. The minimum Gasteiger partial charge on any atom is -0.344 e. The van der Waals surface area contributed by atoms with Gasteiger partial charge in [0.25, 0.3) is 0 Å². The summed E-state index contributed by atoms with van der Waals surface area (Å²) in [5.41, 5.74) is 9.22. The van der Waals surface area contributed by atoms with E-state index >= 15 is 0 Å². The fourth-order valence-corrected chi connectivity index (χ4v) is 2.62. The quantitative estimate of drug-likeness (QED) is 0.728. The number of nitrogens with zero attached hydrogens (tertiary/aromatic N) is 1. The number of benzene rings is 2. The zero-order valence-corrected chi connectivity index (χ0v) is 12.8. The molecule has 0 bridgehead atoms. The van der Waals surface area contributed by atoms with E-state index < -0.39 is 0 Å². The van der Waals surface area contributed by atoms with Gasteiger partial charge in [0.15, 0.2) is 0 Å². The molecule has 0 saturated heterocycles. The van der Waals surface area contributed by atoms with Crippen molar-refractivity contribution < 1.29 is 0 Å². The number of hydrogen-bond acceptors (Lipinski definition) is 1. The Morgan fingerprint density at radius 3 is 1.84 bits per heavy atom. The van der Waals surface area contributed by atoms with Crippen LogP contribution in [-0.2, 0) is 0 Å². The van der Waals surface area contributed by atoms with Crippen LogP contribution < -0.4 is 4.90 Å². The summed E-state index contributed by atoms with van der Waals surface area (Å²) in [7, 11) is 2.15. The van der Waals surface area contributed by atoms with Crippen molar-refractivity contribution in [3.8, 4) is 0 Å². The number of anilines is 2. The van der Waals surface area contributed by atoms with E-state index in [0.717, 1.165) is 0 Å². The monoisotopic (exact) mass is 253 g/mol. The van der Waals surface area contributed by atoms with Crippen LogP contribution >= 0.6 is 0 Å². The Morgan fingerprint density at radius 2 is 1.21 bits per heavy atom.